The van der Waals surface area contributed by atoms with Crippen LogP contribution in [0.15, 0.2) is 18.2 Å². The number of rotatable bonds is 9. The molecule has 0 spiro atoms. The van der Waals surface area contributed by atoms with Crippen molar-refractivity contribution in [2.75, 3.05) is 13.2 Å². The summed E-state index contributed by atoms with van der Waals surface area (Å²) in [6.45, 7) is 5.50. The number of aldehydes is 1. The molecule has 10 nitrogen and oxygen atoms in total. The molecule has 0 aliphatic rings. The van der Waals surface area contributed by atoms with Gasteiger partial charge in [0.15, 0.2) is 6.29 Å². The van der Waals surface area contributed by atoms with Gasteiger partial charge in [-0.2, -0.15) is 0 Å². The Labute approximate surface area is 169 Å². The molecular formula is C19H33NO9. The van der Waals surface area contributed by atoms with Gasteiger partial charge in [0.2, 0.25) is 0 Å². The summed E-state index contributed by atoms with van der Waals surface area (Å²) in [6.07, 6.45) is -7.49. The van der Waals surface area contributed by atoms with Gasteiger partial charge in [-0.25, -0.2) is 0 Å². The van der Waals surface area contributed by atoms with Crippen LogP contribution in [0.4, 0.5) is 0 Å². The lowest BCUT2D eigenvalue weighted by Gasteiger charge is -2.23. The zero-order valence-electron chi connectivity index (χ0n) is 16.8. The summed E-state index contributed by atoms with van der Waals surface area (Å²) in [5.41, 5.74) is 1.05. The molecule has 0 aliphatic heterocycles. The molecule has 0 aliphatic carbocycles. The monoisotopic (exact) mass is 419 g/mol. The van der Waals surface area contributed by atoms with Crippen molar-refractivity contribution in [2.45, 2.75) is 63.4 Å². The van der Waals surface area contributed by atoms with E-state index in [2.05, 4.69) is 5.32 Å². The van der Waals surface area contributed by atoms with E-state index in [-0.39, 0.29) is 24.2 Å². The number of benzene rings is 1. The fourth-order valence-corrected chi connectivity index (χ4v) is 2.08. The largest absolute Gasteiger partial charge is 0.508 e. The summed E-state index contributed by atoms with van der Waals surface area (Å²) in [7, 11) is 0. The van der Waals surface area contributed by atoms with Crippen LogP contribution in [0.25, 0.3) is 0 Å². The van der Waals surface area contributed by atoms with Crippen LogP contribution in [-0.4, -0.2) is 90.2 Å². The first-order chi connectivity index (χ1) is 13.4. The second-order valence-corrected chi connectivity index (χ2v) is 7.55. The highest BCUT2D eigenvalue weighted by Crippen LogP contribution is 2.22. The first-order valence-corrected chi connectivity index (χ1v) is 9.02. The van der Waals surface area contributed by atoms with Gasteiger partial charge in [0, 0.05) is 17.6 Å². The van der Waals surface area contributed by atoms with Gasteiger partial charge in [-0.3, -0.25) is 0 Å². The van der Waals surface area contributed by atoms with Gasteiger partial charge in [-0.15, -0.1) is 0 Å². The summed E-state index contributed by atoms with van der Waals surface area (Å²) < 4.78 is 0. The zero-order chi connectivity index (χ0) is 22.8. The van der Waals surface area contributed by atoms with E-state index in [1.54, 1.807) is 12.1 Å². The number of aromatic hydroxyl groups is 1. The number of aliphatic hydroxyl groups is 7. The number of β-amino-alcohol motifs (C(OH)–C–C–N with tert-alkyl or cyclic N) is 1. The number of aliphatic hydroxyl groups excluding tert-OH is 7. The smallest absolute Gasteiger partial charge is 0.151 e. The maximum atomic E-state index is 9.97. The third kappa shape index (κ3) is 10.1. The van der Waals surface area contributed by atoms with Gasteiger partial charge in [0.05, 0.1) is 19.3 Å². The van der Waals surface area contributed by atoms with Crippen molar-refractivity contribution in [3.05, 3.63) is 29.3 Å². The van der Waals surface area contributed by atoms with Gasteiger partial charge in [0.1, 0.15) is 30.2 Å². The lowest BCUT2D eigenvalue weighted by Crippen LogP contribution is -2.46. The second-order valence-electron chi connectivity index (χ2n) is 7.55. The van der Waals surface area contributed by atoms with Crippen molar-refractivity contribution < 1.29 is 45.6 Å². The lowest BCUT2D eigenvalue weighted by atomic mass is 10.0. The Hall–Kier alpha value is -1.63. The average Bonchev–Trinajstić information content (AvgIpc) is 2.69. The molecule has 9 N–H and O–H groups in total. The first kappa shape index (κ1) is 27.4. The van der Waals surface area contributed by atoms with E-state index >= 15 is 0 Å². The van der Waals surface area contributed by atoms with Gasteiger partial charge >= 0.3 is 0 Å². The topological polar surface area (TPSA) is 191 Å². The summed E-state index contributed by atoms with van der Waals surface area (Å²) in [5, 5.41) is 75.1. The third-order valence-electron chi connectivity index (χ3n) is 3.90. The van der Waals surface area contributed by atoms with Crippen LogP contribution >= 0.6 is 0 Å². The molecule has 0 radical (unpaired) electrons. The van der Waals surface area contributed by atoms with E-state index in [1.165, 1.54) is 6.07 Å². The number of hydrogen-bond donors (Lipinski definition) is 9. The molecule has 0 aromatic heterocycles. The van der Waals surface area contributed by atoms with Gasteiger partial charge in [-0.05, 0) is 38.5 Å². The van der Waals surface area contributed by atoms with E-state index in [1.807, 2.05) is 20.8 Å². The number of nitrogens with one attached hydrogen (secondary N) is 1. The van der Waals surface area contributed by atoms with Gasteiger partial charge in [0.25, 0.3) is 0 Å². The van der Waals surface area contributed by atoms with E-state index in [0.717, 1.165) is 0 Å². The van der Waals surface area contributed by atoms with Crippen LogP contribution in [0, 0.1) is 0 Å². The highest BCUT2D eigenvalue weighted by atomic mass is 16.4. The summed E-state index contributed by atoms with van der Waals surface area (Å²) >= 11 is 0. The van der Waals surface area contributed by atoms with Crippen molar-refractivity contribution in [3.63, 3.8) is 0 Å². The van der Waals surface area contributed by atoms with Crippen LogP contribution in [0.3, 0.4) is 0 Å². The second kappa shape index (κ2) is 12.8. The van der Waals surface area contributed by atoms with E-state index < -0.39 is 37.1 Å². The minimum Gasteiger partial charge on any atom is -0.508 e. The van der Waals surface area contributed by atoms with E-state index in [9.17, 15) is 15.0 Å². The molecule has 0 fully saturated rings. The quantitative estimate of drug-likeness (QED) is 0.201. The highest BCUT2D eigenvalue weighted by molar-refractivity contribution is 5.56. The predicted octanol–water partition coefficient (Wildman–Crippen LogP) is -2.07. The Morgan fingerprint density at radius 2 is 1.62 bits per heavy atom. The van der Waals surface area contributed by atoms with Crippen molar-refractivity contribution in [1.29, 1.82) is 0 Å². The molecule has 0 saturated carbocycles. The average molecular weight is 419 g/mol. The molecule has 0 saturated heterocycles. The maximum Gasteiger partial charge on any atom is 0.151 e. The molecule has 0 heterocycles. The van der Waals surface area contributed by atoms with E-state index in [0.29, 0.717) is 17.7 Å². The molecule has 0 amide bonds. The minimum atomic E-state index is -1.79. The van der Waals surface area contributed by atoms with Crippen LogP contribution < -0.4 is 5.32 Å². The maximum absolute atomic E-state index is 9.97. The summed E-state index contributed by atoms with van der Waals surface area (Å²) in [5.74, 6) is 0.0484. The van der Waals surface area contributed by atoms with Crippen molar-refractivity contribution >= 4 is 6.29 Å². The van der Waals surface area contributed by atoms with Crippen LogP contribution in [-0.2, 0) is 11.4 Å². The SMILES string of the molecule is CC(C)(C)NCC(O)c1ccc(O)c(CO)c1.O=C[C@H](O)[C@@H](O)[C@H](O)[C@H](O)CO. The molecule has 1 aromatic carbocycles. The third-order valence-corrected chi connectivity index (χ3v) is 3.90. The molecule has 0 bridgehead atoms. The van der Waals surface area contributed by atoms with Crippen molar-refractivity contribution in [1.82, 2.24) is 5.32 Å². The van der Waals surface area contributed by atoms with Crippen LogP contribution in [0.1, 0.15) is 38.0 Å². The van der Waals surface area contributed by atoms with Gasteiger partial charge < -0.3 is 51.0 Å². The summed E-state index contributed by atoms with van der Waals surface area (Å²) in [6, 6.07) is 4.76. The number of hydrogen-bond acceptors (Lipinski definition) is 10. The zero-order valence-corrected chi connectivity index (χ0v) is 16.8. The Kier molecular flexibility index (Phi) is 12.1. The molecule has 1 rings (SSSR count). The fourth-order valence-electron chi connectivity index (χ4n) is 2.08. The van der Waals surface area contributed by atoms with E-state index in [4.69, 9.17) is 30.6 Å². The normalized spacial score (nSPS) is 16.8. The fraction of sp³-hybridized carbons (Fsp3) is 0.632. The Bertz CT molecular complexity index is 606. The Balaban J connectivity index is 0.000000578. The number of phenols is 1. The molecule has 10 heteroatoms. The standard InChI is InChI=1S/C13H21NO3.C6H12O6/c1-13(2,3)14-7-12(17)9-4-5-11(16)10(6-9)8-15;7-1-3(9)5(11)6(12)4(10)2-8/h4-6,12,14-17H,7-8H2,1-3H3;1,3-6,8-12H,2H2/t;3-,4+,5+,6+/m.0/s1. The number of carbonyl (C=O) groups is 1. The molecule has 29 heavy (non-hydrogen) atoms. The predicted molar refractivity (Wildman–Crippen MR) is 104 cm³/mol. The highest BCUT2D eigenvalue weighted by Gasteiger charge is 2.29. The van der Waals surface area contributed by atoms with Crippen molar-refractivity contribution in [2.24, 2.45) is 0 Å². The first-order valence-electron chi connectivity index (χ1n) is 9.02. The molecule has 168 valence electrons. The Morgan fingerprint density at radius 3 is 2.07 bits per heavy atom. The molecule has 1 aromatic rings. The molecular weight excluding hydrogens is 386 g/mol. The molecule has 1 unspecified atom stereocenters. The Morgan fingerprint density at radius 1 is 1.03 bits per heavy atom. The van der Waals surface area contributed by atoms with Crippen molar-refractivity contribution in [3.8, 4) is 5.75 Å². The minimum absolute atomic E-state index is 0.0258. The van der Waals surface area contributed by atoms with Gasteiger partial charge in [-0.1, -0.05) is 6.07 Å². The lowest BCUT2D eigenvalue weighted by molar-refractivity contribution is -0.136. The summed E-state index contributed by atoms with van der Waals surface area (Å²) in [4.78, 5) is 9.90. The van der Waals surface area contributed by atoms with Crippen LogP contribution in [0.2, 0.25) is 0 Å². The molecule has 5 atom stereocenters. The van der Waals surface area contributed by atoms with Crippen LogP contribution in [0.5, 0.6) is 5.75 Å². The number of carbonyl (C=O) groups excluding carboxylic acids is 1.